The molecule has 1 aliphatic carbocycles. The SMILES string of the molecule is CN=C(NC1CC1c1ccccc1F)N(C)Cc1ccccc1. The van der Waals surface area contributed by atoms with Gasteiger partial charge < -0.3 is 10.2 Å². The van der Waals surface area contributed by atoms with Gasteiger partial charge in [0.05, 0.1) is 0 Å². The highest BCUT2D eigenvalue weighted by Gasteiger charge is 2.40. The van der Waals surface area contributed by atoms with E-state index in [0.717, 1.165) is 24.5 Å². The van der Waals surface area contributed by atoms with Crippen molar-refractivity contribution >= 4 is 5.96 Å². The molecule has 120 valence electrons. The van der Waals surface area contributed by atoms with Crippen LogP contribution >= 0.6 is 0 Å². The zero-order valence-corrected chi connectivity index (χ0v) is 13.5. The Kier molecular flexibility index (Phi) is 4.60. The van der Waals surface area contributed by atoms with Crippen LogP contribution in [0, 0.1) is 5.82 Å². The van der Waals surface area contributed by atoms with Gasteiger partial charge in [-0.1, -0.05) is 48.5 Å². The Morgan fingerprint density at radius 2 is 1.87 bits per heavy atom. The van der Waals surface area contributed by atoms with Crippen molar-refractivity contribution in [2.45, 2.75) is 24.9 Å². The van der Waals surface area contributed by atoms with Crippen molar-refractivity contribution in [1.82, 2.24) is 10.2 Å². The lowest BCUT2D eigenvalue weighted by atomic mass is 10.1. The Hall–Kier alpha value is -2.36. The van der Waals surface area contributed by atoms with Crippen molar-refractivity contribution in [3.05, 3.63) is 71.5 Å². The summed E-state index contributed by atoms with van der Waals surface area (Å²) < 4.78 is 13.9. The van der Waals surface area contributed by atoms with Gasteiger partial charge in [-0.05, 0) is 23.6 Å². The fraction of sp³-hybridized carbons (Fsp3) is 0.316. The molecule has 0 aliphatic heterocycles. The van der Waals surface area contributed by atoms with Gasteiger partial charge in [-0.25, -0.2) is 4.39 Å². The van der Waals surface area contributed by atoms with E-state index in [1.807, 2.05) is 37.4 Å². The minimum Gasteiger partial charge on any atom is -0.353 e. The number of benzene rings is 2. The third-order valence-corrected chi connectivity index (χ3v) is 4.25. The first-order chi connectivity index (χ1) is 11.2. The van der Waals surface area contributed by atoms with Crippen LogP contribution in [0.3, 0.4) is 0 Å². The molecule has 2 aromatic rings. The van der Waals surface area contributed by atoms with Gasteiger partial charge in [-0.15, -0.1) is 0 Å². The number of nitrogens with zero attached hydrogens (tertiary/aromatic N) is 2. The van der Waals surface area contributed by atoms with Crippen LogP contribution in [0.25, 0.3) is 0 Å². The minimum atomic E-state index is -0.116. The molecule has 0 bridgehead atoms. The number of hydrogen-bond donors (Lipinski definition) is 1. The fourth-order valence-electron chi connectivity index (χ4n) is 2.92. The largest absolute Gasteiger partial charge is 0.353 e. The normalized spacial score (nSPS) is 20.2. The summed E-state index contributed by atoms with van der Waals surface area (Å²) >= 11 is 0. The summed E-state index contributed by atoms with van der Waals surface area (Å²) in [5.41, 5.74) is 2.03. The smallest absolute Gasteiger partial charge is 0.193 e. The second kappa shape index (κ2) is 6.82. The van der Waals surface area contributed by atoms with Crippen LogP contribution in [-0.2, 0) is 6.54 Å². The van der Waals surface area contributed by atoms with E-state index in [1.165, 1.54) is 11.6 Å². The number of hydrogen-bond acceptors (Lipinski definition) is 1. The Labute approximate surface area is 136 Å². The first-order valence-corrected chi connectivity index (χ1v) is 7.92. The third kappa shape index (κ3) is 3.70. The number of rotatable bonds is 4. The predicted octanol–water partition coefficient (Wildman–Crippen LogP) is 3.39. The summed E-state index contributed by atoms with van der Waals surface area (Å²) in [6.07, 6.45) is 0.944. The fourth-order valence-corrected chi connectivity index (χ4v) is 2.92. The van der Waals surface area contributed by atoms with Crippen LogP contribution in [0.4, 0.5) is 4.39 Å². The second-order valence-electron chi connectivity index (χ2n) is 6.00. The van der Waals surface area contributed by atoms with Crippen LogP contribution < -0.4 is 5.32 Å². The highest BCUT2D eigenvalue weighted by Crippen LogP contribution is 2.41. The van der Waals surface area contributed by atoms with Gasteiger partial charge in [0.2, 0.25) is 0 Å². The van der Waals surface area contributed by atoms with Crippen LogP contribution in [0.15, 0.2) is 59.6 Å². The van der Waals surface area contributed by atoms with Gasteiger partial charge >= 0.3 is 0 Å². The number of aliphatic imine (C=N–C) groups is 1. The Morgan fingerprint density at radius 1 is 1.17 bits per heavy atom. The van der Waals surface area contributed by atoms with Crippen LogP contribution in [0.2, 0.25) is 0 Å². The molecule has 2 unspecified atom stereocenters. The third-order valence-electron chi connectivity index (χ3n) is 4.25. The summed E-state index contributed by atoms with van der Waals surface area (Å²) in [5.74, 6) is 0.963. The molecule has 1 N–H and O–H groups in total. The van der Waals surface area contributed by atoms with Crippen molar-refractivity contribution < 1.29 is 4.39 Å². The second-order valence-corrected chi connectivity index (χ2v) is 6.00. The molecule has 0 aromatic heterocycles. The summed E-state index contributed by atoms with van der Waals surface area (Å²) in [6, 6.07) is 17.6. The zero-order chi connectivity index (χ0) is 16.2. The molecule has 23 heavy (non-hydrogen) atoms. The molecular weight excluding hydrogens is 289 g/mol. The number of halogens is 1. The van der Waals surface area contributed by atoms with Crippen molar-refractivity contribution in [1.29, 1.82) is 0 Å². The minimum absolute atomic E-state index is 0.116. The van der Waals surface area contributed by atoms with E-state index in [0.29, 0.717) is 0 Å². The average Bonchev–Trinajstić information content (AvgIpc) is 3.33. The van der Waals surface area contributed by atoms with Crippen LogP contribution in [0.1, 0.15) is 23.5 Å². The molecule has 1 fully saturated rings. The van der Waals surface area contributed by atoms with E-state index in [1.54, 1.807) is 13.1 Å². The van der Waals surface area contributed by atoms with Crippen LogP contribution in [-0.4, -0.2) is 31.0 Å². The predicted molar refractivity (Wildman–Crippen MR) is 91.9 cm³/mol. The van der Waals surface area contributed by atoms with Gasteiger partial charge in [-0.3, -0.25) is 4.99 Å². The molecule has 0 saturated heterocycles. The van der Waals surface area contributed by atoms with E-state index in [4.69, 9.17) is 0 Å². The van der Waals surface area contributed by atoms with Crippen LogP contribution in [0.5, 0.6) is 0 Å². The van der Waals surface area contributed by atoms with E-state index in [9.17, 15) is 4.39 Å². The molecule has 0 radical (unpaired) electrons. The van der Waals surface area contributed by atoms with Crippen molar-refractivity contribution in [3.8, 4) is 0 Å². The topological polar surface area (TPSA) is 27.6 Å². The van der Waals surface area contributed by atoms with Crippen molar-refractivity contribution in [3.63, 3.8) is 0 Å². The molecule has 3 nitrogen and oxygen atoms in total. The average molecular weight is 311 g/mol. The summed E-state index contributed by atoms with van der Waals surface area (Å²) in [6.45, 7) is 0.789. The number of nitrogens with one attached hydrogen (secondary N) is 1. The maximum absolute atomic E-state index is 13.9. The van der Waals surface area contributed by atoms with Crippen molar-refractivity contribution in [2.24, 2.45) is 4.99 Å². The first kappa shape index (κ1) is 15.5. The lowest BCUT2D eigenvalue weighted by Gasteiger charge is -2.22. The van der Waals surface area contributed by atoms with E-state index in [2.05, 4.69) is 27.3 Å². The standard InChI is InChI=1S/C19H22FN3/c1-21-19(23(2)13-14-8-4-3-5-9-14)22-18-12-16(18)15-10-6-7-11-17(15)20/h3-11,16,18H,12-13H2,1-2H3,(H,21,22). The van der Waals surface area contributed by atoms with Gasteiger partial charge in [0.1, 0.15) is 5.82 Å². The molecule has 2 aromatic carbocycles. The molecule has 3 rings (SSSR count). The Morgan fingerprint density at radius 3 is 2.57 bits per heavy atom. The lowest BCUT2D eigenvalue weighted by Crippen LogP contribution is -2.40. The Bertz CT molecular complexity index is 684. The highest BCUT2D eigenvalue weighted by atomic mass is 19.1. The van der Waals surface area contributed by atoms with E-state index < -0.39 is 0 Å². The molecule has 2 atom stereocenters. The summed E-state index contributed by atoms with van der Waals surface area (Å²) in [5, 5.41) is 3.45. The van der Waals surface area contributed by atoms with Crippen molar-refractivity contribution in [2.75, 3.05) is 14.1 Å². The molecule has 1 aliphatic rings. The molecule has 0 spiro atoms. The van der Waals surface area contributed by atoms with Gasteiger partial charge in [0.15, 0.2) is 5.96 Å². The maximum Gasteiger partial charge on any atom is 0.193 e. The molecular formula is C19H22FN3. The van der Waals surface area contributed by atoms with Gasteiger partial charge in [-0.2, -0.15) is 0 Å². The highest BCUT2D eigenvalue weighted by molar-refractivity contribution is 5.80. The number of guanidine groups is 1. The van der Waals surface area contributed by atoms with E-state index in [-0.39, 0.29) is 17.8 Å². The summed E-state index contributed by atoms with van der Waals surface area (Å²) in [7, 11) is 3.80. The molecule has 0 heterocycles. The van der Waals surface area contributed by atoms with Gasteiger partial charge in [0.25, 0.3) is 0 Å². The molecule has 4 heteroatoms. The zero-order valence-electron chi connectivity index (χ0n) is 13.5. The summed E-state index contributed by atoms with van der Waals surface area (Å²) in [4.78, 5) is 6.44. The lowest BCUT2D eigenvalue weighted by molar-refractivity contribution is 0.475. The quantitative estimate of drug-likeness (QED) is 0.692. The molecule has 0 amide bonds. The maximum atomic E-state index is 13.9. The van der Waals surface area contributed by atoms with E-state index >= 15 is 0 Å². The first-order valence-electron chi connectivity index (χ1n) is 7.92. The van der Waals surface area contributed by atoms with Gasteiger partial charge in [0, 0.05) is 32.6 Å². The monoisotopic (exact) mass is 311 g/mol. The molecule has 1 saturated carbocycles. The Balaban J connectivity index is 1.60.